The summed E-state index contributed by atoms with van der Waals surface area (Å²) in [7, 11) is 0. The van der Waals surface area contributed by atoms with Gasteiger partial charge < -0.3 is 0 Å². The molecule has 1 aliphatic rings. The molecule has 2 amide bonds. The van der Waals surface area contributed by atoms with Gasteiger partial charge in [0.2, 0.25) is 0 Å². The van der Waals surface area contributed by atoms with Gasteiger partial charge in [0.15, 0.2) is 0 Å². The van der Waals surface area contributed by atoms with Crippen molar-refractivity contribution in [3.05, 3.63) is 30.1 Å². The van der Waals surface area contributed by atoms with Crippen molar-refractivity contribution in [2.24, 2.45) is 0 Å². The molecule has 1 fully saturated rings. The first-order chi connectivity index (χ1) is 8.37. The van der Waals surface area contributed by atoms with E-state index < -0.39 is 9.16 Å². The van der Waals surface area contributed by atoms with Crippen LogP contribution in [-0.2, 0) is 0 Å². The highest BCUT2D eigenvalue weighted by Gasteiger charge is 2.36. The Balaban J connectivity index is 2.10. The summed E-state index contributed by atoms with van der Waals surface area (Å²) in [6.45, 7) is 0.220. The van der Waals surface area contributed by atoms with Crippen LogP contribution in [0, 0.1) is 5.82 Å². The molecule has 18 heavy (non-hydrogen) atoms. The Morgan fingerprint density at radius 1 is 1.28 bits per heavy atom. The molecule has 2 rings (SSSR count). The normalized spacial score (nSPS) is 16.6. The highest BCUT2D eigenvalue weighted by atomic mass is 35.6. The largest absolute Gasteiger partial charge is 0.350 e. The van der Waals surface area contributed by atoms with Crippen LogP contribution < -0.4 is 10.3 Å². The molecule has 1 aromatic carbocycles. The molecular weight excluding hydrogens is 324 g/mol. The Morgan fingerprint density at radius 3 is 2.44 bits per heavy atom. The van der Waals surface area contributed by atoms with Crippen molar-refractivity contribution >= 4 is 58.5 Å². The molecule has 0 aromatic heterocycles. The lowest BCUT2D eigenvalue weighted by molar-refractivity contribution is 0.236. The molecule has 1 N–H and O–H groups in total. The van der Waals surface area contributed by atoms with Crippen molar-refractivity contribution in [3.63, 3.8) is 0 Å². The van der Waals surface area contributed by atoms with Crippen LogP contribution in [0.25, 0.3) is 0 Å². The molecule has 1 aliphatic heterocycles. The lowest BCUT2D eigenvalue weighted by Gasteiger charge is -2.19. The van der Waals surface area contributed by atoms with Crippen LogP contribution in [0.3, 0.4) is 0 Å². The minimum atomic E-state index is -1.64. The number of hydrogen-bond donors (Lipinski definition) is 1. The minimum Gasteiger partial charge on any atom is -0.278 e. The molecule has 4 nitrogen and oxygen atoms in total. The van der Waals surface area contributed by atoms with E-state index in [1.807, 2.05) is 0 Å². The van der Waals surface area contributed by atoms with Gasteiger partial charge in [-0.05, 0) is 24.3 Å². The molecule has 0 saturated carbocycles. The summed E-state index contributed by atoms with van der Waals surface area (Å²) in [4.78, 5) is 13.4. The van der Waals surface area contributed by atoms with E-state index in [9.17, 15) is 9.18 Å². The molecule has 0 atom stereocenters. The zero-order valence-electron chi connectivity index (χ0n) is 8.74. The van der Waals surface area contributed by atoms with Crippen LogP contribution in [0.15, 0.2) is 24.3 Å². The number of hydrogen-bond acceptors (Lipinski definition) is 3. The summed E-state index contributed by atoms with van der Waals surface area (Å²) in [5, 5.41) is 0. The van der Waals surface area contributed by atoms with Gasteiger partial charge in [-0.2, -0.15) is 9.84 Å². The fraction of sp³-hybridized carbons (Fsp3) is 0.222. The zero-order chi connectivity index (χ0) is 13.3. The lowest BCUT2D eigenvalue weighted by atomic mass is 10.3. The molecule has 0 bridgehead atoms. The maximum atomic E-state index is 12.8. The van der Waals surface area contributed by atoms with Crippen molar-refractivity contribution in [2.75, 3.05) is 11.6 Å². The summed E-state index contributed by atoms with van der Waals surface area (Å²) < 4.78 is 12.3. The predicted molar refractivity (Wildman–Crippen MR) is 72.0 cm³/mol. The molecule has 0 radical (unpaired) electrons. The molecule has 0 spiro atoms. The summed E-state index contributed by atoms with van der Waals surface area (Å²) in [6.07, 6.45) is 0. The van der Waals surface area contributed by atoms with E-state index in [4.69, 9.17) is 34.8 Å². The Kier molecular flexibility index (Phi) is 4.13. The van der Waals surface area contributed by atoms with Crippen LogP contribution in [0.5, 0.6) is 0 Å². The first-order valence-electron chi connectivity index (χ1n) is 4.73. The molecule has 9 heteroatoms. The van der Waals surface area contributed by atoms with Crippen molar-refractivity contribution < 1.29 is 9.18 Å². The average Bonchev–Trinajstić information content (AvgIpc) is 2.60. The van der Waals surface area contributed by atoms with Gasteiger partial charge in [0, 0.05) is 17.6 Å². The van der Waals surface area contributed by atoms with Crippen molar-refractivity contribution in [3.8, 4) is 0 Å². The Labute approximate surface area is 122 Å². The van der Waals surface area contributed by atoms with Gasteiger partial charge in [-0.1, -0.05) is 34.8 Å². The maximum absolute atomic E-state index is 12.8. The number of benzene rings is 1. The summed E-state index contributed by atoms with van der Waals surface area (Å²) in [6, 6.07) is 5.15. The quantitative estimate of drug-likeness (QED) is 0.666. The molecule has 0 unspecified atom stereocenters. The SMILES string of the molecule is O=C1N(SC(Cl)(Cl)Cl)NCN1c1ccc(F)cc1. The van der Waals surface area contributed by atoms with E-state index in [1.54, 1.807) is 0 Å². The second kappa shape index (κ2) is 5.30. The third-order valence-electron chi connectivity index (χ3n) is 2.11. The van der Waals surface area contributed by atoms with E-state index in [0.717, 1.165) is 16.4 Å². The molecule has 98 valence electrons. The second-order valence-electron chi connectivity index (χ2n) is 3.33. The van der Waals surface area contributed by atoms with E-state index in [0.29, 0.717) is 5.69 Å². The number of alkyl halides is 3. The number of anilines is 1. The highest BCUT2D eigenvalue weighted by molar-refractivity contribution is 8.03. The summed E-state index contributed by atoms with van der Waals surface area (Å²) >= 11 is 17.5. The number of nitrogens with zero attached hydrogens (tertiary/aromatic N) is 2. The van der Waals surface area contributed by atoms with Crippen LogP contribution in [0.4, 0.5) is 14.9 Å². The minimum absolute atomic E-state index is 0.220. The Hall–Kier alpha value is -0.400. The molecule has 1 aromatic rings. The number of carbonyl (C=O) groups is 1. The van der Waals surface area contributed by atoms with Gasteiger partial charge in [0.25, 0.3) is 3.12 Å². The molecule has 0 aliphatic carbocycles. The van der Waals surface area contributed by atoms with Crippen LogP contribution >= 0.6 is 46.8 Å². The number of amides is 2. The highest BCUT2D eigenvalue weighted by Crippen LogP contribution is 2.41. The Morgan fingerprint density at radius 2 is 1.89 bits per heavy atom. The molecule has 1 saturated heterocycles. The Bertz CT molecular complexity index is 453. The number of halogens is 4. The average molecular weight is 331 g/mol. The molecule has 1 heterocycles. The smallest absolute Gasteiger partial charge is 0.278 e. The fourth-order valence-electron chi connectivity index (χ4n) is 1.38. The first-order valence-corrected chi connectivity index (χ1v) is 6.64. The lowest BCUT2D eigenvalue weighted by Crippen LogP contribution is -2.31. The number of rotatable bonds is 2. The first kappa shape index (κ1) is 14.0. The van der Waals surface area contributed by atoms with Crippen LogP contribution in [0.2, 0.25) is 0 Å². The number of carbonyl (C=O) groups excluding carboxylic acids is 1. The molecular formula is C9H7Cl3FN3OS. The summed E-state index contributed by atoms with van der Waals surface area (Å²) in [5.41, 5.74) is 3.31. The predicted octanol–water partition coefficient (Wildman–Crippen LogP) is 3.51. The van der Waals surface area contributed by atoms with Gasteiger partial charge >= 0.3 is 6.03 Å². The van der Waals surface area contributed by atoms with Crippen LogP contribution in [-0.4, -0.2) is 20.2 Å². The van der Waals surface area contributed by atoms with Gasteiger partial charge in [-0.15, -0.1) is 0 Å². The van der Waals surface area contributed by atoms with E-state index >= 15 is 0 Å². The number of nitrogens with one attached hydrogen (secondary N) is 1. The topological polar surface area (TPSA) is 35.6 Å². The zero-order valence-corrected chi connectivity index (χ0v) is 11.8. The van der Waals surface area contributed by atoms with Gasteiger partial charge in [0.05, 0.1) is 6.67 Å². The standard InChI is InChI=1S/C9H7Cl3FN3OS/c10-9(11,12)18-16-8(17)15(5-14-16)7-3-1-6(13)2-4-7/h1-4,14H,5H2. The van der Waals surface area contributed by atoms with Crippen molar-refractivity contribution in [2.45, 2.75) is 3.12 Å². The van der Waals surface area contributed by atoms with Crippen LogP contribution in [0.1, 0.15) is 0 Å². The number of hydrazine groups is 1. The van der Waals surface area contributed by atoms with E-state index in [2.05, 4.69) is 5.43 Å². The second-order valence-corrected chi connectivity index (χ2v) is 7.45. The monoisotopic (exact) mass is 329 g/mol. The van der Waals surface area contributed by atoms with E-state index in [1.165, 1.54) is 29.2 Å². The third kappa shape index (κ3) is 3.33. The van der Waals surface area contributed by atoms with Crippen molar-refractivity contribution in [1.29, 1.82) is 0 Å². The third-order valence-corrected chi connectivity index (χ3v) is 3.41. The van der Waals surface area contributed by atoms with Gasteiger partial charge in [-0.3, -0.25) is 4.90 Å². The van der Waals surface area contributed by atoms with Gasteiger partial charge in [-0.25, -0.2) is 9.18 Å². The van der Waals surface area contributed by atoms with Crippen molar-refractivity contribution in [1.82, 2.24) is 9.84 Å². The maximum Gasteiger partial charge on any atom is 0.350 e. The number of urea groups is 1. The summed E-state index contributed by atoms with van der Waals surface area (Å²) in [5.74, 6) is -0.370. The fourth-order valence-corrected chi connectivity index (χ4v) is 2.50. The van der Waals surface area contributed by atoms with E-state index in [-0.39, 0.29) is 12.5 Å². The van der Waals surface area contributed by atoms with Gasteiger partial charge in [0.1, 0.15) is 5.82 Å².